The number of aromatic carboxylic acids is 1. The standard InChI is InChI=1S/C18H16N2O3/c21-17-13(9-11-8-10-4-1-2-6-14(10)19-11)16-12(18(22)23)5-3-7-15(16)20-17/h3,5,7-9,19H,1-2,4,6H2,(H,20,21)(H,22,23). The number of nitrogens with one attached hydrogen (secondary N) is 2. The molecule has 1 amide bonds. The molecule has 0 saturated heterocycles. The first kappa shape index (κ1) is 13.8. The molecule has 0 spiro atoms. The summed E-state index contributed by atoms with van der Waals surface area (Å²) in [6.07, 6.45) is 6.20. The average molecular weight is 308 g/mol. The van der Waals surface area contributed by atoms with Crippen molar-refractivity contribution in [1.82, 2.24) is 4.98 Å². The number of hydrogen-bond donors (Lipinski definition) is 3. The van der Waals surface area contributed by atoms with Gasteiger partial charge in [0.2, 0.25) is 0 Å². The van der Waals surface area contributed by atoms with E-state index in [-0.39, 0.29) is 11.5 Å². The van der Waals surface area contributed by atoms with Gasteiger partial charge < -0.3 is 15.4 Å². The van der Waals surface area contributed by atoms with E-state index in [1.54, 1.807) is 18.2 Å². The average Bonchev–Trinajstić information content (AvgIpc) is 3.08. The summed E-state index contributed by atoms with van der Waals surface area (Å²) in [4.78, 5) is 27.1. The number of benzene rings is 1. The number of anilines is 1. The Morgan fingerprint density at radius 2 is 2.04 bits per heavy atom. The molecule has 0 fully saturated rings. The van der Waals surface area contributed by atoms with Crippen molar-refractivity contribution in [2.75, 3.05) is 5.32 Å². The molecule has 1 aliphatic heterocycles. The molecule has 4 rings (SSSR count). The van der Waals surface area contributed by atoms with E-state index in [1.807, 2.05) is 0 Å². The Bertz CT molecular complexity index is 838. The molecule has 1 aliphatic carbocycles. The highest BCUT2D eigenvalue weighted by Gasteiger charge is 2.29. The lowest BCUT2D eigenvalue weighted by atomic mass is 9.98. The van der Waals surface area contributed by atoms with Crippen molar-refractivity contribution in [1.29, 1.82) is 0 Å². The third kappa shape index (κ3) is 2.25. The Balaban J connectivity index is 1.83. The highest BCUT2D eigenvalue weighted by molar-refractivity contribution is 6.36. The minimum absolute atomic E-state index is 0.142. The van der Waals surface area contributed by atoms with Gasteiger partial charge in [-0.3, -0.25) is 4.79 Å². The molecule has 116 valence electrons. The van der Waals surface area contributed by atoms with Gasteiger partial charge in [-0.15, -0.1) is 0 Å². The predicted molar refractivity (Wildman–Crippen MR) is 87.3 cm³/mol. The molecule has 23 heavy (non-hydrogen) atoms. The molecule has 5 nitrogen and oxygen atoms in total. The topological polar surface area (TPSA) is 82.2 Å². The van der Waals surface area contributed by atoms with E-state index < -0.39 is 5.97 Å². The molecule has 5 heteroatoms. The SMILES string of the molecule is O=C1Nc2cccc(C(=O)O)c2C1=Cc1cc2c([nH]1)CCCC2. The molecule has 0 radical (unpaired) electrons. The van der Waals surface area contributed by atoms with Gasteiger partial charge >= 0.3 is 5.97 Å². The maximum Gasteiger partial charge on any atom is 0.336 e. The van der Waals surface area contributed by atoms with Crippen LogP contribution in [0.15, 0.2) is 24.3 Å². The van der Waals surface area contributed by atoms with Crippen molar-refractivity contribution >= 4 is 29.2 Å². The van der Waals surface area contributed by atoms with Gasteiger partial charge in [-0.05, 0) is 55.5 Å². The molecule has 1 aromatic heterocycles. The molecule has 1 aromatic carbocycles. The maximum atomic E-state index is 12.3. The number of aryl methyl sites for hydroxylation is 2. The van der Waals surface area contributed by atoms with Gasteiger partial charge in [0.05, 0.1) is 11.1 Å². The fourth-order valence-corrected chi connectivity index (χ4v) is 3.43. The van der Waals surface area contributed by atoms with Crippen LogP contribution < -0.4 is 5.32 Å². The quantitative estimate of drug-likeness (QED) is 0.746. The molecule has 2 aromatic rings. The Hall–Kier alpha value is -2.82. The number of carboxylic acid groups (broad SMARTS) is 1. The second kappa shape index (κ2) is 5.12. The fourth-order valence-electron chi connectivity index (χ4n) is 3.43. The second-order valence-electron chi connectivity index (χ2n) is 5.98. The predicted octanol–water partition coefficient (Wildman–Crippen LogP) is 3.08. The van der Waals surface area contributed by atoms with Gasteiger partial charge in [0.1, 0.15) is 0 Å². The lowest BCUT2D eigenvalue weighted by Gasteiger charge is -2.08. The summed E-state index contributed by atoms with van der Waals surface area (Å²) in [5.41, 5.74) is 4.95. The van der Waals surface area contributed by atoms with E-state index >= 15 is 0 Å². The van der Waals surface area contributed by atoms with Crippen molar-refractivity contribution in [2.45, 2.75) is 25.7 Å². The minimum atomic E-state index is -1.03. The van der Waals surface area contributed by atoms with Gasteiger partial charge in [0.15, 0.2) is 0 Å². The summed E-state index contributed by atoms with van der Waals surface area (Å²) in [5.74, 6) is -1.30. The monoisotopic (exact) mass is 308 g/mol. The Kier molecular flexibility index (Phi) is 3.08. The van der Waals surface area contributed by atoms with Crippen LogP contribution in [0.5, 0.6) is 0 Å². The summed E-state index contributed by atoms with van der Waals surface area (Å²) in [5, 5.41) is 12.1. The van der Waals surface area contributed by atoms with Crippen LogP contribution in [0.3, 0.4) is 0 Å². The lowest BCUT2D eigenvalue weighted by Crippen LogP contribution is -2.04. The van der Waals surface area contributed by atoms with E-state index in [4.69, 9.17) is 0 Å². The van der Waals surface area contributed by atoms with Crippen molar-refractivity contribution in [3.63, 3.8) is 0 Å². The van der Waals surface area contributed by atoms with Gasteiger partial charge in [0, 0.05) is 22.6 Å². The van der Waals surface area contributed by atoms with Crippen molar-refractivity contribution < 1.29 is 14.7 Å². The molecule has 0 bridgehead atoms. The van der Waals surface area contributed by atoms with E-state index in [0.29, 0.717) is 16.8 Å². The number of carboxylic acids is 1. The normalized spacial score (nSPS) is 17.7. The van der Waals surface area contributed by atoms with Gasteiger partial charge in [-0.1, -0.05) is 6.07 Å². The Labute approximate surface area is 133 Å². The van der Waals surface area contributed by atoms with Crippen LogP contribution in [-0.4, -0.2) is 22.0 Å². The van der Waals surface area contributed by atoms with E-state index in [1.165, 1.54) is 30.2 Å². The van der Waals surface area contributed by atoms with Crippen LogP contribution in [0.4, 0.5) is 5.69 Å². The number of hydrogen-bond acceptors (Lipinski definition) is 2. The van der Waals surface area contributed by atoms with Crippen LogP contribution in [-0.2, 0) is 17.6 Å². The molecule has 0 atom stereocenters. The van der Waals surface area contributed by atoms with Crippen LogP contribution in [0.25, 0.3) is 11.6 Å². The molecular formula is C18H16N2O3. The number of carbonyl (C=O) groups is 2. The number of aromatic nitrogens is 1. The summed E-state index contributed by atoms with van der Waals surface area (Å²) in [7, 11) is 0. The molecule has 0 unspecified atom stereocenters. The lowest BCUT2D eigenvalue weighted by molar-refractivity contribution is -0.110. The molecular weight excluding hydrogens is 292 g/mol. The van der Waals surface area contributed by atoms with E-state index in [0.717, 1.165) is 18.5 Å². The number of H-pyrrole nitrogens is 1. The van der Waals surface area contributed by atoms with Crippen molar-refractivity contribution in [3.8, 4) is 0 Å². The number of amides is 1. The van der Waals surface area contributed by atoms with Crippen LogP contribution >= 0.6 is 0 Å². The fraction of sp³-hybridized carbons (Fsp3) is 0.222. The zero-order valence-corrected chi connectivity index (χ0v) is 12.5. The molecule has 2 heterocycles. The summed E-state index contributed by atoms with van der Waals surface area (Å²) >= 11 is 0. The zero-order valence-electron chi connectivity index (χ0n) is 12.5. The molecule has 0 saturated carbocycles. The summed E-state index contributed by atoms with van der Waals surface area (Å²) < 4.78 is 0. The summed E-state index contributed by atoms with van der Waals surface area (Å²) in [6.45, 7) is 0. The second-order valence-corrected chi connectivity index (χ2v) is 5.98. The smallest absolute Gasteiger partial charge is 0.336 e. The highest BCUT2D eigenvalue weighted by Crippen LogP contribution is 2.36. The van der Waals surface area contributed by atoms with Crippen LogP contribution in [0, 0.1) is 0 Å². The number of carbonyl (C=O) groups excluding carboxylic acids is 1. The Morgan fingerprint density at radius 3 is 2.83 bits per heavy atom. The van der Waals surface area contributed by atoms with E-state index in [9.17, 15) is 14.7 Å². The van der Waals surface area contributed by atoms with E-state index in [2.05, 4.69) is 16.4 Å². The van der Waals surface area contributed by atoms with Crippen molar-refractivity contribution in [2.24, 2.45) is 0 Å². The van der Waals surface area contributed by atoms with Crippen LogP contribution in [0.1, 0.15) is 45.7 Å². The number of fused-ring (bicyclic) bond motifs is 2. The first-order chi connectivity index (χ1) is 11.1. The van der Waals surface area contributed by atoms with Crippen LogP contribution in [0.2, 0.25) is 0 Å². The zero-order chi connectivity index (χ0) is 16.0. The number of aromatic amines is 1. The third-order valence-corrected chi connectivity index (χ3v) is 4.49. The number of rotatable bonds is 2. The molecule has 2 aliphatic rings. The van der Waals surface area contributed by atoms with Gasteiger partial charge in [-0.2, -0.15) is 0 Å². The Morgan fingerprint density at radius 1 is 1.22 bits per heavy atom. The first-order valence-corrected chi connectivity index (χ1v) is 7.74. The maximum absolute atomic E-state index is 12.3. The molecule has 3 N–H and O–H groups in total. The highest BCUT2D eigenvalue weighted by atomic mass is 16.4. The van der Waals surface area contributed by atoms with Gasteiger partial charge in [0.25, 0.3) is 5.91 Å². The first-order valence-electron chi connectivity index (χ1n) is 7.74. The van der Waals surface area contributed by atoms with Gasteiger partial charge in [-0.25, -0.2) is 4.79 Å². The largest absolute Gasteiger partial charge is 0.478 e. The minimum Gasteiger partial charge on any atom is -0.478 e. The third-order valence-electron chi connectivity index (χ3n) is 4.49. The summed E-state index contributed by atoms with van der Waals surface area (Å²) in [6, 6.07) is 6.95. The van der Waals surface area contributed by atoms with Crippen molar-refractivity contribution in [3.05, 3.63) is 52.3 Å².